The van der Waals surface area contributed by atoms with Crippen molar-refractivity contribution < 1.29 is 19.1 Å². The topological polar surface area (TPSA) is 52.6 Å². The molecule has 0 N–H and O–H groups in total. The summed E-state index contributed by atoms with van der Waals surface area (Å²) in [6.07, 6.45) is 2.92. The summed E-state index contributed by atoms with van der Waals surface area (Å²) in [5.41, 5.74) is -0.921. The molecule has 4 heteroatoms. The van der Waals surface area contributed by atoms with Crippen molar-refractivity contribution in [1.82, 2.24) is 0 Å². The first-order valence-electron chi connectivity index (χ1n) is 5.81. The molecule has 1 saturated carbocycles. The highest BCUT2D eigenvalue weighted by molar-refractivity contribution is 5.86. The van der Waals surface area contributed by atoms with Crippen LogP contribution in [0, 0.1) is 17.3 Å². The summed E-state index contributed by atoms with van der Waals surface area (Å²) in [5, 5.41) is 0. The van der Waals surface area contributed by atoms with Crippen LogP contribution in [0.3, 0.4) is 0 Å². The Kier molecular flexibility index (Phi) is 2.56. The number of hydrogen-bond acceptors (Lipinski definition) is 4. The van der Waals surface area contributed by atoms with Crippen LogP contribution >= 0.6 is 0 Å². The van der Waals surface area contributed by atoms with Gasteiger partial charge in [-0.05, 0) is 0 Å². The van der Waals surface area contributed by atoms with Crippen LogP contribution in [0.25, 0.3) is 0 Å². The fraction of sp³-hybridized carbons (Fsp3) is 0.692. The normalized spacial score (nSPS) is 35.6. The molecule has 0 aromatic carbocycles. The van der Waals surface area contributed by atoms with Crippen LogP contribution in [0.4, 0.5) is 0 Å². The summed E-state index contributed by atoms with van der Waals surface area (Å²) < 4.78 is 10.3. The Morgan fingerprint density at radius 1 is 1.59 bits per heavy atom. The third kappa shape index (κ3) is 1.50. The molecule has 4 nitrogen and oxygen atoms in total. The molecule has 1 aliphatic carbocycles. The van der Waals surface area contributed by atoms with Gasteiger partial charge < -0.3 is 9.47 Å². The van der Waals surface area contributed by atoms with Gasteiger partial charge in [-0.2, -0.15) is 0 Å². The number of fused-ring (bicyclic) bond motifs is 2. The molecule has 0 unspecified atom stereocenters. The van der Waals surface area contributed by atoms with Crippen LogP contribution in [-0.2, 0) is 19.1 Å². The fourth-order valence-corrected chi connectivity index (χ4v) is 2.92. The lowest BCUT2D eigenvalue weighted by Crippen LogP contribution is -2.45. The Bertz CT molecular complexity index is 385. The second-order valence-electron chi connectivity index (χ2n) is 5.49. The van der Waals surface area contributed by atoms with Crippen molar-refractivity contribution in [3.8, 4) is 0 Å². The molecule has 1 saturated heterocycles. The van der Waals surface area contributed by atoms with Crippen LogP contribution in [0.2, 0.25) is 0 Å². The summed E-state index contributed by atoms with van der Waals surface area (Å²) >= 11 is 0. The van der Waals surface area contributed by atoms with Gasteiger partial charge in [0.1, 0.15) is 5.60 Å². The Hall–Kier alpha value is -1.32. The zero-order valence-corrected chi connectivity index (χ0v) is 10.5. The van der Waals surface area contributed by atoms with Crippen LogP contribution in [-0.4, -0.2) is 24.6 Å². The van der Waals surface area contributed by atoms with Crippen molar-refractivity contribution >= 4 is 11.9 Å². The third-order valence-electron chi connectivity index (χ3n) is 4.37. The largest absolute Gasteiger partial charge is 0.469 e. The van der Waals surface area contributed by atoms with Gasteiger partial charge in [-0.25, -0.2) is 0 Å². The molecule has 94 valence electrons. The standard InChI is InChI=1S/C13H18O4/c1-5-12(2,3)13-6-8(10(14)16-4)9(7-13)11(15)17-13/h5,8-9H,1,6-7H2,2-4H3/t8-,9-,13-/m0/s1. The molecule has 2 bridgehead atoms. The Morgan fingerprint density at radius 3 is 2.76 bits per heavy atom. The predicted molar refractivity (Wildman–Crippen MR) is 61.0 cm³/mol. The number of rotatable bonds is 3. The molecular formula is C13H18O4. The van der Waals surface area contributed by atoms with Gasteiger partial charge in [0.2, 0.25) is 0 Å². The summed E-state index contributed by atoms with van der Waals surface area (Å²) in [6.45, 7) is 7.76. The van der Waals surface area contributed by atoms with E-state index in [9.17, 15) is 9.59 Å². The maximum Gasteiger partial charge on any atom is 0.310 e. The minimum absolute atomic E-state index is 0.276. The van der Waals surface area contributed by atoms with E-state index in [1.54, 1.807) is 6.08 Å². The van der Waals surface area contributed by atoms with E-state index in [-0.39, 0.29) is 29.2 Å². The van der Waals surface area contributed by atoms with Crippen molar-refractivity contribution in [3.05, 3.63) is 12.7 Å². The first kappa shape index (κ1) is 12.1. The number of carbonyl (C=O) groups is 2. The first-order chi connectivity index (χ1) is 7.87. The lowest BCUT2D eigenvalue weighted by Gasteiger charge is -2.40. The lowest BCUT2D eigenvalue weighted by molar-refractivity contribution is -0.173. The van der Waals surface area contributed by atoms with Gasteiger partial charge in [0.15, 0.2) is 0 Å². The third-order valence-corrected chi connectivity index (χ3v) is 4.37. The molecule has 2 aliphatic rings. The maximum atomic E-state index is 11.8. The molecule has 2 rings (SSSR count). The summed E-state index contributed by atoms with van der Waals surface area (Å²) in [6, 6.07) is 0. The molecule has 0 spiro atoms. The minimum Gasteiger partial charge on any atom is -0.469 e. The zero-order valence-electron chi connectivity index (χ0n) is 10.5. The van der Waals surface area contributed by atoms with E-state index in [1.165, 1.54) is 7.11 Å². The number of ether oxygens (including phenoxy) is 2. The average molecular weight is 238 g/mol. The van der Waals surface area contributed by atoms with Crippen LogP contribution in [0.5, 0.6) is 0 Å². The second-order valence-corrected chi connectivity index (χ2v) is 5.49. The highest BCUT2D eigenvalue weighted by Gasteiger charge is 2.65. The number of hydrogen-bond donors (Lipinski definition) is 0. The van der Waals surface area contributed by atoms with Gasteiger partial charge in [0, 0.05) is 18.3 Å². The van der Waals surface area contributed by atoms with E-state index < -0.39 is 5.60 Å². The van der Waals surface area contributed by atoms with E-state index in [1.807, 2.05) is 13.8 Å². The number of esters is 2. The minimum atomic E-state index is -0.588. The molecule has 0 amide bonds. The van der Waals surface area contributed by atoms with Gasteiger partial charge in [-0.15, -0.1) is 6.58 Å². The van der Waals surface area contributed by atoms with Gasteiger partial charge in [0.05, 0.1) is 18.9 Å². The van der Waals surface area contributed by atoms with Crippen LogP contribution < -0.4 is 0 Å². The highest BCUT2D eigenvalue weighted by Crippen LogP contribution is 2.57. The molecular weight excluding hydrogens is 220 g/mol. The number of methoxy groups -OCH3 is 1. The van der Waals surface area contributed by atoms with E-state index in [4.69, 9.17) is 9.47 Å². The zero-order chi connectivity index (χ0) is 12.8. The summed E-state index contributed by atoms with van der Waals surface area (Å²) in [5.74, 6) is -1.29. The van der Waals surface area contributed by atoms with Crippen molar-refractivity contribution in [2.45, 2.75) is 32.3 Å². The van der Waals surface area contributed by atoms with E-state index in [0.29, 0.717) is 12.8 Å². The van der Waals surface area contributed by atoms with E-state index in [2.05, 4.69) is 6.58 Å². The van der Waals surface area contributed by atoms with Crippen molar-refractivity contribution in [2.75, 3.05) is 7.11 Å². The van der Waals surface area contributed by atoms with E-state index >= 15 is 0 Å². The van der Waals surface area contributed by atoms with E-state index in [0.717, 1.165) is 0 Å². The molecule has 1 heterocycles. The molecule has 0 radical (unpaired) electrons. The Labute approximate surface area is 101 Å². The van der Waals surface area contributed by atoms with Crippen LogP contribution in [0.1, 0.15) is 26.7 Å². The maximum absolute atomic E-state index is 11.8. The van der Waals surface area contributed by atoms with Crippen molar-refractivity contribution in [1.29, 1.82) is 0 Å². The lowest BCUT2D eigenvalue weighted by atomic mass is 9.73. The summed E-state index contributed by atoms with van der Waals surface area (Å²) in [4.78, 5) is 23.4. The Morgan fingerprint density at radius 2 is 2.24 bits per heavy atom. The molecule has 17 heavy (non-hydrogen) atoms. The molecule has 2 fully saturated rings. The fourth-order valence-electron chi connectivity index (χ4n) is 2.92. The quantitative estimate of drug-likeness (QED) is 0.554. The second kappa shape index (κ2) is 3.59. The average Bonchev–Trinajstić information content (AvgIpc) is 2.84. The van der Waals surface area contributed by atoms with Gasteiger partial charge >= 0.3 is 11.9 Å². The molecule has 1 aliphatic heterocycles. The van der Waals surface area contributed by atoms with Crippen molar-refractivity contribution in [2.24, 2.45) is 17.3 Å². The van der Waals surface area contributed by atoms with Gasteiger partial charge in [-0.3, -0.25) is 9.59 Å². The Balaban J connectivity index is 2.33. The SMILES string of the molecule is C=CC(C)(C)[C@]12C[C@H](C(=O)OC)[C@H](C1)C(=O)O2. The van der Waals surface area contributed by atoms with Gasteiger partial charge in [0.25, 0.3) is 0 Å². The summed E-state index contributed by atoms with van der Waals surface area (Å²) in [7, 11) is 1.35. The smallest absolute Gasteiger partial charge is 0.310 e. The first-order valence-corrected chi connectivity index (χ1v) is 5.81. The predicted octanol–water partition coefficient (Wildman–Crippen LogP) is 1.69. The monoisotopic (exact) mass is 238 g/mol. The van der Waals surface area contributed by atoms with Crippen LogP contribution in [0.15, 0.2) is 12.7 Å². The number of carbonyl (C=O) groups excluding carboxylic acids is 2. The highest BCUT2D eigenvalue weighted by atomic mass is 16.6. The molecule has 3 atom stereocenters. The van der Waals surface area contributed by atoms with Gasteiger partial charge in [-0.1, -0.05) is 19.9 Å². The van der Waals surface area contributed by atoms with Crippen molar-refractivity contribution in [3.63, 3.8) is 0 Å². The molecule has 0 aromatic rings. The molecule has 0 aromatic heterocycles.